The Bertz CT molecular complexity index is 1430. The first-order valence-electron chi connectivity index (χ1n) is 11.3. The SMILES string of the molecule is Cc1ccc(S(=O)(=O)NNC(=O)c2ccccc2NC(=S)NC(NC(=O)Cc2ccccc2)C(Cl)(Cl)Cl)cc1. The standard InChI is InChI=1S/C25H24Cl3N5O4S2/c1-16-11-13-18(14-12-16)39(36,37)33-32-22(35)19-9-5-6-10-20(19)29-24(38)31-23(25(26,27)28)30-21(34)15-17-7-3-2-4-8-17/h2-14,23,33H,15H2,1H3,(H,30,34)(H,32,35)(H2,29,31,38). The van der Waals surface area contributed by atoms with Gasteiger partial charge in [-0.15, -0.1) is 4.83 Å². The lowest BCUT2D eigenvalue weighted by Gasteiger charge is -2.28. The van der Waals surface area contributed by atoms with Gasteiger partial charge in [0.1, 0.15) is 6.17 Å². The molecule has 2 amide bonds. The maximum absolute atomic E-state index is 12.8. The van der Waals surface area contributed by atoms with Crippen LogP contribution in [0.2, 0.25) is 0 Å². The van der Waals surface area contributed by atoms with Crippen LogP contribution in [0.25, 0.3) is 0 Å². The van der Waals surface area contributed by atoms with Crippen molar-refractivity contribution < 1.29 is 18.0 Å². The number of aryl methyl sites for hydroxylation is 1. The number of hydrogen-bond donors (Lipinski definition) is 5. The molecular weight excluding hydrogens is 605 g/mol. The number of amides is 2. The van der Waals surface area contributed by atoms with E-state index in [1.54, 1.807) is 48.5 Å². The summed E-state index contributed by atoms with van der Waals surface area (Å²) < 4.78 is 23.0. The van der Waals surface area contributed by atoms with E-state index in [4.69, 9.17) is 47.0 Å². The minimum Gasteiger partial charge on any atom is -0.339 e. The number of carbonyl (C=O) groups is 2. The first-order valence-corrected chi connectivity index (χ1v) is 14.3. The summed E-state index contributed by atoms with van der Waals surface area (Å²) >= 11 is 23.5. The Morgan fingerprint density at radius 3 is 2.15 bits per heavy atom. The molecule has 14 heteroatoms. The van der Waals surface area contributed by atoms with Gasteiger partial charge in [-0.05, 0) is 49.0 Å². The summed E-state index contributed by atoms with van der Waals surface area (Å²) in [4.78, 5) is 27.4. The molecule has 0 heterocycles. The van der Waals surface area contributed by atoms with E-state index >= 15 is 0 Å². The summed E-state index contributed by atoms with van der Waals surface area (Å²) in [7, 11) is -4.01. The number of thiocarbonyl (C=S) groups is 1. The molecule has 0 fully saturated rings. The molecule has 5 N–H and O–H groups in total. The predicted octanol–water partition coefficient (Wildman–Crippen LogP) is 3.96. The third kappa shape index (κ3) is 9.34. The van der Waals surface area contributed by atoms with Crippen LogP contribution in [0.4, 0.5) is 5.69 Å². The lowest BCUT2D eigenvalue weighted by Crippen LogP contribution is -2.56. The van der Waals surface area contributed by atoms with Crippen molar-refractivity contribution >= 4 is 79.7 Å². The zero-order chi connectivity index (χ0) is 28.6. The zero-order valence-corrected chi connectivity index (χ0v) is 24.3. The molecule has 3 aromatic carbocycles. The van der Waals surface area contributed by atoms with Gasteiger partial charge in [-0.1, -0.05) is 95.0 Å². The highest BCUT2D eigenvalue weighted by Gasteiger charge is 2.34. The molecular formula is C25H24Cl3N5O4S2. The molecule has 0 spiro atoms. The number of hydrazine groups is 1. The number of nitrogens with one attached hydrogen (secondary N) is 5. The molecule has 0 aromatic heterocycles. The lowest BCUT2D eigenvalue weighted by atomic mass is 10.1. The third-order valence-electron chi connectivity index (χ3n) is 5.17. The molecule has 0 radical (unpaired) electrons. The van der Waals surface area contributed by atoms with Gasteiger partial charge in [0.2, 0.25) is 9.70 Å². The van der Waals surface area contributed by atoms with Gasteiger partial charge in [-0.25, -0.2) is 8.42 Å². The van der Waals surface area contributed by atoms with Gasteiger partial charge in [-0.3, -0.25) is 15.0 Å². The maximum Gasteiger partial charge on any atom is 0.268 e. The minimum absolute atomic E-state index is 0.0164. The monoisotopic (exact) mass is 627 g/mol. The first kappa shape index (κ1) is 30.6. The second-order valence-corrected chi connectivity index (χ2v) is 12.7. The van der Waals surface area contributed by atoms with Gasteiger partial charge in [0, 0.05) is 0 Å². The molecule has 1 atom stereocenters. The van der Waals surface area contributed by atoms with Crippen molar-refractivity contribution in [2.75, 3.05) is 5.32 Å². The van der Waals surface area contributed by atoms with Crippen LogP contribution in [0, 0.1) is 6.92 Å². The molecule has 0 aliphatic carbocycles. The van der Waals surface area contributed by atoms with Crippen molar-refractivity contribution in [2.24, 2.45) is 0 Å². The number of rotatable bonds is 9. The number of hydrogen-bond acceptors (Lipinski definition) is 5. The van der Waals surface area contributed by atoms with E-state index in [0.29, 0.717) is 0 Å². The molecule has 1 unspecified atom stereocenters. The largest absolute Gasteiger partial charge is 0.339 e. The fourth-order valence-electron chi connectivity index (χ4n) is 3.23. The first-order chi connectivity index (χ1) is 18.3. The van der Waals surface area contributed by atoms with E-state index in [-0.39, 0.29) is 27.7 Å². The van der Waals surface area contributed by atoms with Crippen LogP contribution in [0.15, 0.2) is 83.8 Å². The number of sulfonamides is 1. The van der Waals surface area contributed by atoms with Crippen LogP contribution >= 0.6 is 47.0 Å². The van der Waals surface area contributed by atoms with Gasteiger partial charge in [0.15, 0.2) is 5.11 Å². The number of para-hydroxylation sites is 1. The molecule has 0 saturated carbocycles. The van der Waals surface area contributed by atoms with Crippen molar-refractivity contribution in [3.8, 4) is 0 Å². The highest BCUT2D eigenvalue weighted by atomic mass is 35.6. The molecule has 0 saturated heterocycles. The molecule has 9 nitrogen and oxygen atoms in total. The number of anilines is 1. The Morgan fingerprint density at radius 1 is 0.897 bits per heavy atom. The molecule has 3 aromatic rings. The average Bonchev–Trinajstić information content (AvgIpc) is 2.87. The van der Waals surface area contributed by atoms with E-state index in [1.807, 2.05) is 13.0 Å². The lowest BCUT2D eigenvalue weighted by molar-refractivity contribution is -0.121. The van der Waals surface area contributed by atoms with Crippen molar-refractivity contribution in [3.63, 3.8) is 0 Å². The van der Waals surface area contributed by atoms with Crippen LogP contribution in [0.1, 0.15) is 21.5 Å². The van der Waals surface area contributed by atoms with Crippen LogP contribution in [-0.2, 0) is 21.2 Å². The van der Waals surface area contributed by atoms with Crippen molar-refractivity contribution in [1.29, 1.82) is 0 Å². The Morgan fingerprint density at radius 2 is 1.51 bits per heavy atom. The quantitative estimate of drug-likeness (QED) is 0.105. The van der Waals surface area contributed by atoms with E-state index in [9.17, 15) is 18.0 Å². The Balaban J connectivity index is 1.65. The molecule has 3 rings (SSSR count). The van der Waals surface area contributed by atoms with Crippen LogP contribution in [0.3, 0.4) is 0 Å². The minimum atomic E-state index is -4.01. The van der Waals surface area contributed by atoms with Crippen LogP contribution < -0.4 is 26.2 Å². The molecule has 39 heavy (non-hydrogen) atoms. The Labute approximate surface area is 246 Å². The summed E-state index contributed by atoms with van der Waals surface area (Å²) in [6.07, 6.45) is -1.18. The van der Waals surface area contributed by atoms with Crippen LogP contribution in [0.5, 0.6) is 0 Å². The van der Waals surface area contributed by atoms with Gasteiger partial charge in [0.25, 0.3) is 15.9 Å². The Kier molecular flexibility index (Phi) is 10.5. The third-order valence-corrected chi connectivity index (χ3v) is 7.30. The van der Waals surface area contributed by atoms with Gasteiger partial charge in [-0.2, -0.15) is 0 Å². The highest BCUT2D eigenvalue weighted by Crippen LogP contribution is 2.29. The molecule has 206 valence electrons. The molecule has 0 aliphatic heterocycles. The van der Waals surface area contributed by atoms with Crippen LogP contribution in [-0.4, -0.2) is 35.3 Å². The van der Waals surface area contributed by atoms with E-state index < -0.39 is 31.8 Å². The van der Waals surface area contributed by atoms with Crippen molar-refractivity contribution in [2.45, 2.75) is 28.2 Å². The fraction of sp³-hybridized carbons (Fsp3) is 0.160. The van der Waals surface area contributed by atoms with Gasteiger partial charge in [0.05, 0.1) is 22.6 Å². The van der Waals surface area contributed by atoms with E-state index in [0.717, 1.165) is 11.1 Å². The van der Waals surface area contributed by atoms with Crippen molar-refractivity contribution in [3.05, 3.63) is 95.6 Å². The number of halogens is 3. The molecule has 0 aliphatic rings. The second kappa shape index (κ2) is 13.4. The topological polar surface area (TPSA) is 128 Å². The Hall–Kier alpha value is -2.93. The highest BCUT2D eigenvalue weighted by molar-refractivity contribution is 7.89. The summed E-state index contributed by atoms with van der Waals surface area (Å²) in [6, 6.07) is 21.3. The van der Waals surface area contributed by atoms with Gasteiger partial charge < -0.3 is 16.0 Å². The zero-order valence-electron chi connectivity index (χ0n) is 20.4. The normalized spacial score (nSPS) is 12.2. The summed E-state index contributed by atoms with van der Waals surface area (Å²) in [6.45, 7) is 1.82. The van der Waals surface area contributed by atoms with E-state index in [1.165, 1.54) is 24.3 Å². The number of carbonyl (C=O) groups excluding carboxylic acids is 2. The van der Waals surface area contributed by atoms with Gasteiger partial charge >= 0.3 is 0 Å². The smallest absolute Gasteiger partial charge is 0.268 e. The van der Waals surface area contributed by atoms with E-state index in [2.05, 4.69) is 26.2 Å². The number of alkyl halides is 3. The molecule has 0 bridgehead atoms. The summed E-state index contributed by atoms with van der Waals surface area (Å²) in [5, 5.41) is 8.04. The maximum atomic E-state index is 12.8. The average molecular weight is 629 g/mol. The second-order valence-electron chi connectivity index (χ2n) is 8.22. The fourth-order valence-corrected chi connectivity index (χ4v) is 4.62. The summed E-state index contributed by atoms with van der Waals surface area (Å²) in [5.41, 5.74) is 4.11. The predicted molar refractivity (Wildman–Crippen MR) is 157 cm³/mol. The number of benzene rings is 3. The summed E-state index contributed by atoms with van der Waals surface area (Å²) in [5.74, 6) is -1.18. The van der Waals surface area contributed by atoms with Crippen molar-refractivity contribution in [1.82, 2.24) is 20.9 Å².